The standard InChI is InChI=1S/C18H22F2N2OS/c1-2-3-4-5-6-7-8-17(23)22-18-21-16(12-24-18)14-10-9-13(19)11-15(14)20/h9-12H,2-8H2,1H3,(H,21,22,23). The fraction of sp³-hybridized carbons (Fsp3) is 0.444. The molecule has 0 saturated carbocycles. The van der Waals surface area contributed by atoms with Crippen LogP contribution in [0.4, 0.5) is 13.9 Å². The highest BCUT2D eigenvalue weighted by Crippen LogP contribution is 2.27. The second-order valence-corrected chi connectivity index (χ2v) is 6.59. The summed E-state index contributed by atoms with van der Waals surface area (Å²) in [5.74, 6) is -1.37. The Labute approximate surface area is 145 Å². The van der Waals surface area contributed by atoms with Crippen molar-refractivity contribution in [2.45, 2.75) is 51.9 Å². The van der Waals surface area contributed by atoms with Gasteiger partial charge in [0.25, 0.3) is 0 Å². The van der Waals surface area contributed by atoms with E-state index >= 15 is 0 Å². The van der Waals surface area contributed by atoms with Gasteiger partial charge in [-0.2, -0.15) is 0 Å². The molecule has 2 rings (SSSR count). The maximum Gasteiger partial charge on any atom is 0.226 e. The molecule has 0 unspecified atom stereocenters. The molecule has 1 N–H and O–H groups in total. The zero-order chi connectivity index (χ0) is 17.4. The Kier molecular flexibility index (Phi) is 7.31. The third-order valence-electron chi connectivity index (χ3n) is 3.72. The SMILES string of the molecule is CCCCCCCCC(=O)Nc1nc(-c2ccc(F)cc2F)cs1. The molecule has 6 heteroatoms. The van der Waals surface area contributed by atoms with Gasteiger partial charge in [-0.3, -0.25) is 4.79 Å². The number of hydrogen-bond donors (Lipinski definition) is 1. The van der Waals surface area contributed by atoms with Crippen molar-refractivity contribution in [3.05, 3.63) is 35.2 Å². The predicted molar refractivity (Wildman–Crippen MR) is 94.1 cm³/mol. The lowest BCUT2D eigenvalue weighted by Gasteiger charge is -2.02. The van der Waals surface area contributed by atoms with Crippen molar-refractivity contribution in [1.29, 1.82) is 0 Å². The second-order valence-electron chi connectivity index (χ2n) is 5.73. The average Bonchev–Trinajstić information content (AvgIpc) is 2.99. The highest BCUT2D eigenvalue weighted by molar-refractivity contribution is 7.14. The number of nitrogens with zero attached hydrogens (tertiary/aromatic N) is 1. The van der Waals surface area contributed by atoms with Crippen LogP contribution >= 0.6 is 11.3 Å². The first-order chi connectivity index (χ1) is 11.6. The Bertz CT molecular complexity index is 673. The molecule has 1 amide bonds. The first-order valence-electron chi connectivity index (χ1n) is 8.31. The number of carbonyl (C=O) groups is 1. The number of rotatable bonds is 9. The molecule has 3 nitrogen and oxygen atoms in total. The van der Waals surface area contributed by atoms with Gasteiger partial charge < -0.3 is 5.32 Å². The number of unbranched alkanes of at least 4 members (excludes halogenated alkanes) is 5. The van der Waals surface area contributed by atoms with Crippen LogP contribution in [0, 0.1) is 11.6 Å². The number of anilines is 1. The zero-order valence-corrected chi connectivity index (χ0v) is 14.6. The lowest BCUT2D eigenvalue weighted by Crippen LogP contribution is -2.10. The quantitative estimate of drug-likeness (QED) is 0.581. The van der Waals surface area contributed by atoms with Gasteiger partial charge in [0, 0.05) is 23.4 Å². The minimum atomic E-state index is -0.662. The van der Waals surface area contributed by atoms with Gasteiger partial charge in [0.1, 0.15) is 11.6 Å². The topological polar surface area (TPSA) is 42.0 Å². The van der Waals surface area contributed by atoms with Gasteiger partial charge >= 0.3 is 0 Å². The van der Waals surface area contributed by atoms with Crippen LogP contribution in [0.25, 0.3) is 11.3 Å². The molecule has 0 saturated heterocycles. The van der Waals surface area contributed by atoms with E-state index in [1.54, 1.807) is 5.38 Å². The molecule has 0 radical (unpaired) electrons. The maximum atomic E-state index is 13.7. The summed E-state index contributed by atoms with van der Waals surface area (Å²) in [7, 11) is 0. The van der Waals surface area contributed by atoms with Gasteiger partial charge in [-0.05, 0) is 18.6 Å². The highest BCUT2D eigenvalue weighted by Gasteiger charge is 2.12. The van der Waals surface area contributed by atoms with Crippen LogP contribution in [-0.4, -0.2) is 10.9 Å². The smallest absolute Gasteiger partial charge is 0.226 e. The van der Waals surface area contributed by atoms with E-state index in [9.17, 15) is 13.6 Å². The summed E-state index contributed by atoms with van der Waals surface area (Å²) in [5.41, 5.74) is 0.622. The number of halogens is 2. The fourth-order valence-corrected chi connectivity index (χ4v) is 3.13. The number of benzene rings is 1. The largest absolute Gasteiger partial charge is 0.302 e. The minimum absolute atomic E-state index is 0.0778. The van der Waals surface area contributed by atoms with Gasteiger partial charge in [-0.1, -0.05) is 39.0 Å². The number of carbonyl (C=O) groups excluding carboxylic acids is 1. The Balaban J connectivity index is 1.82. The lowest BCUT2D eigenvalue weighted by molar-refractivity contribution is -0.116. The van der Waals surface area contributed by atoms with Crippen molar-refractivity contribution in [2.24, 2.45) is 0 Å². The first-order valence-corrected chi connectivity index (χ1v) is 9.19. The third kappa shape index (κ3) is 5.67. The molecule has 0 fully saturated rings. The summed E-state index contributed by atoms with van der Waals surface area (Å²) in [6, 6.07) is 3.36. The second kappa shape index (κ2) is 9.47. The fourth-order valence-electron chi connectivity index (χ4n) is 2.40. The molecule has 0 aliphatic carbocycles. The van der Waals surface area contributed by atoms with Crippen LogP contribution in [0.3, 0.4) is 0 Å². The van der Waals surface area contributed by atoms with E-state index in [1.165, 1.54) is 42.7 Å². The van der Waals surface area contributed by atoms with E-state index in [0.717, 1.165) is 25.3 Å². The van der Waals surface area contributed by atoms with Gasteiger partial charge in [-0.25, -0.2) is 13.8 Å². The number of aromatic nitrogens is 1. The molecule has 1 heterocycles. The van der Waals surface area contributed by atoms with Crippen molar-refractivity contribution in [1.82, 2.24) is 4.98 Å². The van der Waals surface area contributed by atoms with Gasteiger partial charge in [0.05, 0.1) is 5.69 Å². The van der Waals surface area contributed by atoms with Crippen LogP contribution in [0.5, 0.6) is 0 Å². The van der Waals surface area contributed by atoms with Crippen molar-refractivity contribution in [3.8, 4) is 11.3 Å². The summed E-state index contributed by atoms with van der Waals surface area (Å²) in [5, 5.41) is 4.82. The minimum Gasteiger partial charge on any atom is -0.302 e. The van der Waals surface area contributed by atoms with Gasteiger partial charge in [0.15, 0.2) is 5.13 Å². The predicted octanol–water partition coefficient (Wildman–Crippen LogP) is 5.78. The Morgan fingerprint density at radius 2 is 1.92 bits per heavy atom. The maximum absolute atomic E-state index is 13.7. The number of nitrogens with one attached hydrogen (secondary N) is 1. The lowest BCUT2D eigenvalue weighted by atomic mass is 10.1. The Morgan fingerprint density at radius 3 is 2.67 bits per heavy atom. The molecule has 0 bridgehead atoms. The van der Waals surface area contributed by atoms with E-state index in [0.29, 0.717) is 17.2 Å². The summed E-state index contributed by atoms with van der Waals surface area (Å²) in [4.78, 5) is 16.1. The number of hydrogen-bond acceptors (Lipinski definition) is 3. The van der Waals surface area contributed by atoms with E-state index in [2.05, 4.69) is 17.2 Å². The van der Waals surface area contributed by atoms with Crippen LogP contribution in [-0.2, 0) is 4.79 Å². The number of amides is 1. The molecular weight excluding hydrogens is 330 g/mol. The average molecular weight is 352 g/mol. The van der Waals surface area contributed by atoms with Crippen molar-refractivity contribution in [2.75, 3.05) is 5.32 Å². The molecule has 0 aliphatic heterocycles. The summed E-state index contributed by atoms with van der Waals surface area (Å²) >= 11 is 1.23. The van der Waals surface area contributed by atoms with Crippen LogP contribution < -0.4 is 5.32 Å². The van der Waals surface area contributed by atoms with E-state index in [1.807, 2.05) is 0 Å². The molecular formula is C18H22F2N2OS. The Morgan fingerprint density at radius 1 is 1.17 bits per heavy atom. The molecule has 130 valence electrons. The van der Waals surface area contributed by atoms with Crippen molar-refractivity contribution >= 4 is 22.4 Å². The summed E-state index contributed by atoms with van der Waals surface area (Å²) in [6.45, 7) is 2.17. The monoisotopic (exact) mass is 352 g/mol. The summed E-state index contributed by atoms with van der Waals surface area (Å²) < 4.78 is 26.7. The number of thiazole rings is 1. The zero-order valence-electron chi connectivity index (χ0n) is 13.8. The Hall–Kier alpha value is -1.82. The third-order valence-corrected chi connectivity index (χ3v) is 4.47. The van der Waals surface area contributed by atoms with Gasteiger partial charge in [0.2, 0.25) is 5.91 Å². The molecule has 2 aromatic rings. The summed E-state index contributed by atoms with van der Waals surface area (Å²) in [6.07, 6.45) is 7.21. The van der Waals surface area contributed by atoms with E-state index in [4.69, 9.17) is 0 Å². The van der Waals surface area contributed by atoms with E-state index in [-0.39, 0.29) is 11.5 Å². The van der Waals surface area contributed by atoms with Crippen LogP contribution in [0.15, 0.2) is 23.6 Å². The molecule has 0 atom stereocenters. The first kappa shape index (κ1) is 18.5. The van der Waals surface area contributed by atoms with Gasteiger partial charge in [-0.15, -0.1) is 11.3 Å². The normalized spacial score (nSPS) is 10.8. The molecule has 1 aromatic heterocycles. The van der Waals surface area contributed by atoms with Crippen LogP contribution in [0.1, 0.15) is 51.9 Å². The molecule has 24 heavy (non-hydrogen) atoms. The van der Waals surface area contributed by atoms with Crippen molar-refractivity contribution < 1.29 is 13.6 Å². The molecule has 0 spiro atoms. The molecule has 0 aliphatic rings. The molecule has 1 aromatic carbocycles. The van der Waals surface area contributed by atoms with Crippen molar-refractivity contribution in [3.63, 3.8) is 0 Å². The van der Waals surface area contributed by atoms with E-state index < -0.39 is 11.6 Å². The highest BCUT2D eigenvalue weighted by atomic mass is 32.1. The van der Waals surface area contributed by atoms with Crippen LogP contribution in [0.2, 0.25) is 0 Å².